The highest BCUT2D eigenvalue weighted by Gasteiger charge is 2.38. The van der Waals surface area contributed by atoms with Gasteiger partial charge in [-0.15, -0.1) is 11.3 Å². The summed E-state index contributed by atoms with van der Waals surface area (Å²) in [5.41, 5.74) is 0.217. The SMILES string of the molecule is CCCC(c1cccs1)N1CC(C)(C)NCC1C(C)C. The Hall–Kier alpha value is -0.380. The molecule has 1 aromatic rings. The summed E-state index contributed by atoms with van der Waals surface area (Å²) in [5.74, 6) is 0.693. The first kappa shape index (κ1) is 16.0. The van der Waals surface area contributed by atoms with Crippen LogP contribution in [0.3, 0.4) is 0 Å². The molecule has 1 N–H and O–H groups in total. The predicted octanol–water partition coefficient (Wildman–Crippen LogP) is 4.30. The topological polar surface area (TPSA) is 15.3 Å². The lowest BCUT2D eigenvalue weighted by atomic mass is 9.90. The van der Waals surface area contributed by atoms with E-state index in [0.29, 0.717) is 18.0 Å². The fraction of sp³-hybridized carbons (Fsp3) is 0.765. The molecule has 1 saturated heterocycles. The molecule has 1 fully saturated rings. The molecule has 20 heavy (non-hydrogen) atoms. The Morgan fingerprint density at radius 2 is 2.20 bits per heavy atom. The van der Waals surface area contributed by atoms with Crippen LogP contribution in [0.2, 0.25) is 0 Å². The second kappa shape index (κ2) is 6.59. The van der Waals surface area contributed by atoms with E-state index < -0.39 is 0 Å². The van der Waals surface area contributed by atoms with Gasteiger partial charge in [-0.25, -0.2) is 0 Å². The van der Waals surface area contributed by atoms with Gasteiger partial charge in [0.15, 0.2) is 0 Å². The summed E-state index contributed by atoms with van der Waals surface area (Å²) < 4.78 is 0. The molecule has 2 rings (SSSR count). The van der Waals surface area contributed by atoms with Crippen LogP contribution in [-0.2, 0) is 0 Å². The van der Waals surface area contributed by atoms with Crippen LogP contribution in [0.4, 0.5) is 0 Å². The average Bonchev–Trinajstić information content (AvgIpc) is 2.87. The van der Waals surface area contributed by atoms with Gasteiger partial charge in [0.2, 0.25) is 0 Å². The van der Waals surface area contributed by atoms with Gasteiger partial charge in [-0.05, 0) is 37.6 Å². The smallest absolute Gasteiger partial charge is 0.0445 e. The third-order valence-electron chi connectivity index (χ3n) is 4.40. The number of rotatable bonds is 5. The van der Waals surface area contributed by atoms with Gasteiger partial charge in [0, 0.05) is 35.6 Å². The lowest BCUT2D eigenvalue weighted by Crippen LogP contribution is -2.63. The van der Waals surface area contributed by atoms with E-state index in [1.165, 1.54) is 17.7 Å². The van der Waals surface area contributed by atoms with Crippen LogP contribution in [0.1, 0.15) is 58.4 Å². The molecule has 114 valence electrons. The van der Waals surface area contributed by atoms with Crippen molar-refractivity contribution in [3.05, 3.63) is 22.4 Å². The number of nitrogens with one attached hydrogen (secondary N) is 1. The van der Waals surface area contributed by atoms with Crippen LogP contribution in [0.15, 0.2) is 17.5 Å². The number of hydrogen-bond acceptors (Lipinski definition) is 3. The lowest BCUT2D eigenvalue weighted by Gasteiger charge is -2.49. The Kier molecular flexibility index (Phi) is 5.27. The summed E-state index contributed by atoms with van der Waals surface area (Å²) in [6, 6.07) is 5.74. The van der Waals surface area contributed by atoms with Gasteiger partial charge in [0.05, 0.1) is 0 Å². The van der Waals surface area contributed by atoms with Crippen LogP contribution in [0.25, 0.3) is 0 Å². The largest absolute Gasteiger partial charge is 0.309 e. The van der Waals surface area contributed by atoms with Crippen molar-refractivity contribution in [2.45, 2.75) is 65.1 Å². The summed E-state index contributed by atoms with van der Waals surface area (Å²) in [4.78, 5) is 4.31. The van der Waals surface area contributed by atoms with Crippen LogP contribution < -0.4 is 5.32 Å². The highest BCUT2D eigenvalue weighted by atomic mass is 32.1. The van der Waals surface area contributed by atoms with Crippen LogP contribution in [-0.4, -0.2) is 29.6 Å². The molecule has 0 aromatic carbocycles. The second-order valence-electron chi connectivity index (χ2n) is 7.07. The van der Waals surface area contributed by atoms with E-state index in [9.17, 15) is 0 Å². The molecule has 1 aliphatic rings. The lowest BCUT2D eigenvalue weighted by molar-refractivity contribution is 0.0285. The average molecular weight is 295 g/mol. The molecule has 2 heterocycles. The third-order valence-corrected chi connectivity index (χ3v) is 5.37. The summed E-state index contributed by atoms with van der Waals surface area (Å²) in [6.45, 7) is 13.9. The van der Waals surface area contributed by atoms with Crippen molar-refractivity contribution in [2.24, 2.45) is 5.92 Å². The van der Waals surface area contributed by atoms with Crippen molar-refractivity contribution in [1.29, 1.82) is 0 Å². The van der Waals surface area contributed by atoms with Crippen LogP contribution in [0.5, 0.6) is 0 Å². The first-order chi connectivity index (χ1) is 9.44. The Bertz CT molecular complexity index is 397. The molecular formula is C17H30N2S. The fourth-order valence-corrected chi connectivity index (χ4v) is 4.20. The van der Waals surface area contributed by atoms with Gasteiger partial charge in [0.25, 0.3) is 0 Å². The summed E-state index contributed by atoms with van der Waals surface area (Å²) in [5, 5.41) is 5.94. The quantitative estimate of drug-likeness (QED) is 0.871. The molecule has 0 aliphatic carbocycles. The molecule has 0 radical (unpaired) electrons. The molecule has 0 spiro atoms. The fourth-order valence-electron chi connectivity index (χ4n) is 3.31. The minimum atomic E-state index is 0.217. The summed E-state index contributed by atoms with van der Waals surface area (Å²) in [6.07, 6.45) is 2.51. The Labute approximate surface area is 128 Å². The maximum atomic E-state index is 3.72. The van der Waals surface area contributed by atoms with Gasteiger partial charge < -0.3 is 5.32 Å². The van der Waals surface area contributed by atoms with Crippen molar-refractivity contribution < 1.29 is 0 Å². The van der Waals surface area contributed by atoms with Gasteiger partial charge in [-0.1, -0.05) is 33.3 Å². The van der Waals surface area contributed by atoms with E-state index in [2.05, 4.69) is 62.3 Å². The van der Waals surface area contributed by atoms with E-state index in [-0.39, 0.29) is 5.54 Å². The molecule has 0 bridgehead atoms. The number of nitrogens with zero attached hydrogens (tertiary/aromatic N) is 1. The first-order valence-electron chi connectivity index (χ1n) is 7.99. The van der Waals surface area contributed by atoms with E-state index in [1.807, 2.05) is 11.3 Å². The van der Waals surface area contributed by atoms with E-state index >= 15 is 0 Å². The number of hydrogen-bond donors (Lipinski definition) is 1. The zero-order valence-electron chi connectivity index (χ0n) is 13.6. The molecule has 1 aliphatic heterocycles. The van der Waals surface area contributed by atoms with Crippen LogP contribution in [0, 0.1) is 5.92 Å². The Balaban J connectivity index is 2.26. The highest BCUT2D eigenvalue weighted by molar-refractivity contribution is 7.10. The minimum Gasteiger partial charge on any atom is -0.309 e. The molecule has 3 heteroatoms. The second-order valence-corrected chi connectivity index (χ2v) is 8.05. The minimum absolute atomic E-state index is 0.217. The Morgan fingerprint density at radius 1 is 1.45 bits per heavy atom. The van der Waals surface area contributed by atoms with Crippen molar-refractivity contribution in [3.8, 4) is 0 Å². The van der Waals surface area contributed by atoms with Crippen molar-refractivity contribution in [3.63, 3.8) is 0 Å². The molecule has 1 aromatic heterocycles. The Morgan fingerprint density at radius 3 is 2.75 bits per heavy atom. The van der Waals surface area contributed by atoms with Crippen LogP contribution >= 0.6 is 11.3 Å². The van der Waals surface area contributed by atoms with Crippen molar-refractivity contribution in [1.82, 2.24) is 10.2 Å². The summed E-state index contributed by atoms with van der Waals surface area (Å²) >= 11 is 1.92. The predicted molar refractivity (Wildman–Crippen MR) is 89.4 cm³/mol. The molecular weight excluding hydrogens is 264 g/mol. The van der Waals surface area contributed by atoms with Gasteiger partial charge in [-0.2, -0.15) is 0 Å². The third kappa shape index (κ3) is 3.63. The molecule has 2 atom stereocenters. The zero-order chi connectivity index (χ0) is 14.8. The number of thiophene rings is 1. The summed E-state index contributed by atoms with van der Waals surface area (Å²) in [7, 11) is 0. The highest BCUT2D eigenvalue weighted by Crippen LogP contribution is 2.35. The van der Waals surface area contributed by atoms with E-state index in [1.54, 1.807) is 0 Å². The van der Waals surface area contributed by atoms with E-state index in [4.69, 9.17) is 0 Å². The van der Waals surface area contributed by atoms with Crippen molar-refractivity contribution in [2.75, 3.05) is 13.1 Å². The number of piperazine rings is 1. The van der Waals surface area contributed by atoms with Crippen molar-refractivity contribution >= 4 is 11.3 Å². The standard InChI is InChI=1S/C17H30N2S/c1-6-8-14(16-9-7-10-20-16)19-12-17(4,5)18-11-15(19)13(2)3/h7,9-10,13-15,18H,6,8,11-12H2,1-5H3. The molecule has 0 amide bonds. The van der Waals surface area contributed by atoms with E-state index in [0.717, 1.165) is 13.1 Å². The van der Waals surface area contributed by atoms with Gasteiger partial charge in [-0.3, -0.25) is 4.90 Å². The van der Waals surface area contributed by atoms with Gasteiger partial charge in [0.1, 0.15) is 0 Å². The molecule has 2 unspecified atom stereocenters. The molecule has 0 saturated carbocycles. The zero-order valence-corrected chi connectivity index (χ0v) is 14.5. The first-order valence-corrected chi connectivity index (χ1v) is 8.86. The van der Waals surface area contributed by atoms with Gasteiger partial charge >= 0.3 is 0 Å². The maximum absolute atomic E-state index is 3.72. The monoisotopic (exact) mass is 294 g/mol. The maximum Gasteiger partial charge on any atom is 0.0445 e. The normalized spacial score (nSPS) is 25.0. The molecule has 2 nitrogen and oxygen atoms in total.